The average molecular weight is 390 g/mol. The van der Waals surface area contributed by atoms with Gasteiger partial charge in [-0.15, -0.1) is 0 Å². The van der Waals surface area contributed by atoms with E-state index in [-0.39, 0.29) is 22.8 Å². The van der Waals surface area contributed by atoms with Gasteiger partial charge >= 0.3 is 0 Å². The van der Waals surface area contributed by atoms with E-state index < -0.39 is 5.82 Å². The minimum absolute atomic E-state index is 0.0335. The topological polar surface area (TPSA) is 75.4 Å². The van der Waals surface area contributed by atoms with E-state index in [4.69, 9.17) is 17.3 Å². The fourth-order valence-electron chi connectivity index (χ4n) is 3.13. The van der Waals surface area contributed by atoms with Gasteiger partial charge in [-0.2, -0.15) is 0 Å². The van der Waals surface area contributed by atoms with Gasteiger partial charge < -0.3 is 16.0 Å². The standard InChI is InChI=1S/C20H21ClFN3O2/c21-17-11-16(5-6-18(17)22)24-19(26)14-7-9-25(10-8-14)20(27)15-3-1-13(12-23)2-4-15/h1-6,11,14H,7-10,12,23H2,(H,24,26). The number of amides is 2. The number of halogens is 2. The lowest BCUT2D eigenvalue weighted by molar-refractivity contribution is -0.121. The Morgan fingerprint density at radius 3 is 2.41 bits per heavy atom. The average Bonchev–Trinajstić information content (AvgIpc) is 2.70. The SMILES string of the molecule is NCc1ccc(C(=O)N2CCC(C(=O)Nc3ccc(F)c(Cl)c3)CC2)cc1. The first-order valence-corrected chi connectivity index (χ1v) is 9.20. The Bertz CT molecular complexity index is 834. The molecule has 3 rings (SSSR count). The fourth-order valence-corrected chi connectivity index (χ4v) is 3.31. The van der Waals surface area contributed by atoms with Crippen molar-refractivity contribution in [3.63, 3.8) is 0 Å². The van der Waals surface area contributed by atoms with Gasteiger partial charge in [0.2, 0.25) is 5.91 Å². The molecule has 27 heavy (non-hydrogen) atoms. The first-order chi connectivity index (χ1) is 13.0. The molecule has 0 aromatic heterocycles. The zero-order valence-corrected chi connectivity index (χ0v) is 15.5. The lowest BCUT2D eigenvalue weighted by Crippen LogP contribution is -2.41. The number of carbonyl (C=O) groups excluding carboxylic acids is 2. The summed E-state index contributed by atoms with van der Waals surface area (Å²) in [6.45, 7) is 1.47. The van der Waals surface area contributed by atoms with Crippen LogP contribution in [-0.2, 0) is 11.3 Å². The highest BCUT2D eigenvalue weighted by molar-refractivity contribution is 6.31. The molecule has 0 aliphatic carbocycles. The number of carbonyl (C=O) groups is 2. The molecular weight excluding hydrogens is 369 g/mol. The van der Waals surface area contributed by atoms with Crippen molar-refractivity contribution in [1.29, 1.82) is 0 Å². The molecule has 2 aromatic carbocycles. The Balaban J connectivity index is 1.55. The van der Waals surface area contributed by atoms with Gasteiger partial charge in [-0.1, -0.05) is 23.7 Å². The lowest BCUT2D eigenvalue weighted by atomic mass is 9.95. The normalized spacial score (nSPS) is 14.9. The number of anilines is 1. The lowest BCUT2D eigenvalue weighted by Gasteiger charge is -2.31. The van der Waals surface area contributed by atoms with Gasteiger partial charge in [0.15, 0.2) is 0 Å². The number of hydrogen-bond acceptors (Lipinski definition) is 3. The van der Waals surface area contributed by atoms with E-state index in [1.165, 1.54) is 18.2 Å². The maximum atomic E-state index is 13.2. The number of piperidine rings is 1. The minimum atomic E-state index is -0.527. The Kier molecular flexibility index (Phi) is 6.08. The first kappa shape index (κ1) is 19.3. The number of hydrogen-bond donors (Lipinski definition) is 2. The third kappa shape index (κ3) is 4.64. The van der Waals surface area contributed by atoms with Crippen LogP contribution in [0.3, 0.4) is 0 Å². The molecule has 0 spiro atoms. The molecule has 1 aliphatic rings. The predicted octanol–water partition coefficient (Wildman–Crippen LogP) is 3.43. The van der Waals surface area contributed by atoms with E-state index in [1.54, 1.807) is 17.0 Å². The molecular formula is C20H21ClFN3O2. The van der Waals surface area contributed by atoms with Gasteiger partial charge in [0.25, 0.3) is 5.91 Å². The van der Waals surface area contributed by atoms with E-state index >= 15 is 0 Å². The molecule has 2 aromatic rings. The summed E-state index contributed by atoms with van der Waals surface area (Å²) in [6.07, 6.45) is 1.15. The smallest absolute Gasteiger partial charge is 0.253 e. The second-order valence-corrected chi connectivity index (χ2v) is 6.99. The van der Waals surface area contributed by atoms with Crippen LogP contribution in [0, 0.1) is 11.7 Å². The second-order valence-electron chi connectivity index (χ2n) is 6.59. The van der Waals surface area contributed by atoms with Crippen molar-refractivity contribution in [2.24, 2.45) is 11.7 Å². The Hall–Kier alpha value is -2.44. The third-order valence-corrected chi connectivity index (χ3v) is 5.07. The number of benzene rings is 2. The van der Waals surface area contributed by atoms with Crippen molar-refractivity contribution in [3.05, 3.63) is 64.4 Å². The second kappa shape index (κ2) is 8.50. The van der Waals surface area contributed by atoms with Crippen LogP contribution in [0.2, 0.25) is 5.02 Å². The maximum absolute atomic E-state index is 13.2. The van der Waals surface area contributed by atoms with Gasteiger partial charge in [-0.3, -0.25) is 9.59 Å². The Morgan fingerprint density at radius 1 is 1.15 bits per heavy atom. The number of rotatable bonds is 4. The molecule has 0 radical (unpaired) electrons. The molecule has 7 heteroatoms. The summed E-state index contributed by atoms with van der Waals surface area (Å²) >= 11 is 5.74. The van der Waals surface area contributed by atoms with Gasteiger partial charge in [0.05, 0.1) is 5.02 Å². The van der Waals surface area contributed by atoms with Crippen molar-refractivity contribution in [1.82, 2.24) is 4.90 Å². The minimum Gasteiger partial charge on any atom is -0.339 e. The molecule has 142 valence electrons. The maximum Gasteiger partial charge on any atom is 0.253 e. The molecule has 5 nitrogen and oxygen atoms in total. The quantitative estimate of drug-likeness (QED) is 0.841. The Morgan fingerprint density at radius 2 is 1.81 bits per heavy atom. The fraction of sp³-hybridized carbons (Fsp3) is 0.300. The van der Waals surface area contributed by atoms with Crippen LogP contribution >= 0.6 is 11.6 Å². The Labute approximate surface area is 162 Å². The van der Waals surface area contributed by atoms with Crippen LogP contribution in [0.4, 0.5) is 10.1 Å². The van der Waals surface area contributed by atoms with Gasteiger partial charge in [-0.05, 0) is 48.7 Å². The number of nitrogens with two attached hydrogens (primary N) is 1. The summed E-state index contributed by atoms with van der Waals surface area (Å²) in [5.74, 6) is -0.904. The largest absolute Gasteiger partial charge is 0.339 e. The van der Waals surface area contributed by atoms with Crippen molar-refractivity contribution in [2.45, 2.75) is 19.4 Å². The van der Waals surface area contributed by atoms with Crippen LogP contribution in [0.5, 0.6) is 0 Å². The van der Waals surface area contributed by atoms with Gasteiger partial charge in [-0.25, -0.2) is 4.39 Å². The highest BCUT2D eigenvalue weighted by Crippen LogP contribution is 2.23. The van der Waals surface area contributed by atoms with E-state index in [0.29, 0.717) is 43.7 Å². The molecule has 3 N–H and O–H groups in total. The van der Waals surface area contributed by atoms with Crippen molar-refractivity contribution < 1.29 is 14.0 Å². The predicted molar refractivity (Wildman–Crippen MR) is 103 cm³/mol. The molecule has 1 fully saturated rings. The third-order valence-electron chi connectivity index (χ3n) is 4.78. The molecule has 1 heterocycles. The van der Waals surface area contributed by atoms with E-state index in [9.17, 15) is 14.0 Å². The van der Waals surface area contributed by atoms with Crippen LogP contribution < -0.4 is 11.1 Å². The van der Waals surface area contributed by atoms with E-state index in [2.05, 4.69) is 5.32 Å². The van der Waals surface area contributed by atoms with E-state index in [1.807, 2.05) is 12.1 Å². The van der Waals surface area contributed by atoms with Crippen LogP contribution in [-0.4, -0.2) is 29.8 Å². The molecule has 2 amide bonds. The van der Waals surface area contributed by atoms with Gasteiger partial charge in [0, 0.05) is 36.8 Å². The molecule has 1 aliphatic heterocycles. The van der Waals surface area contributed by atoms with Crippen LogP contribution in [0.1, 0.15) is 28.8 Å². The summed E-state index contributed by atoms with van der Waals surface area (Å²) in [5.41, 5.74) is 7.63. The number of nitrogens with zero attached hydrogens (tertiary/aromatic N) is 1. The summed E-state index contributed by atoms with van der Waals surface area (Å²) in [5, 5.41) is 2.73. The molecule has 0 saturated carbocycles. The summed E-state index contributed by atoms with van der Waals surface area (Å²) in [6, 6.07) is 11.3. The zero-order chi connectivity index (χ0) is 19.4. The molecule has 0 atom stereocenters. The summed E-state index contributed by atoms with van der Waals surface area (Å²) < 4.78 is 13.2. The van der Waals surface area contributed by atoms with Crippen LogP contribution in [0.15, 0.2) is 42.5 Å². The zero-order valence-electron chi connectivity index (χ0n) is 14.8. The van der Waals surface area contributed by atoms with Gasteiger partial charge in [0.1, 0.15) is 5.82 Å². The van der Waals surface area contributed by atoms with Crippen molar-refractivity contribution >= 4 is 29.1 Å². The molecule has 0 bridgehead atoms. The highest BCUT2D eigenvalue weighted by Gasteiger charge is 2.28. The van der Waals surface area contributed by atoms with Crippen LogP contribution in [0.25, 0.3) is 0 Å². The van der Waals surface area contributed by atoms with E-state index in [0.717, 1.165) is 5.56 Å². The summed E-state index contributed by atoms with van der Waals surface area (Å²) in [7, 11) is 0. The first-order valence-electron chi connectivity index (χ1n) is 8.82. The van der Waals surface area contributed by atoms with Crippen molar-refractivity contribution in [3.8, 4) is 0 Å². The van der Waals surface area contributed by atoms with Crippen molar-refractivity contribution in [2.75, 3.05) is 18.4 Å². The summed E-state index contributed by atoms with van der Waals surface area (Å²) in [4.78, 5) is 26.8. The highest BCUT2D eigenvalue weighted by atomic mass is 35.5. The molecule has 0 unspecified atom stereocenters. The molecule has 1 saturated heterocycles. The number of likely N-dealkylation sites (tertiary alicyclic amines) is 1. The monoisotopic (exact) mass is 389 g/mol. The number of nitrogens with one attached hydrogen (secondary N) is 1.